The summed E-state index contributed by atoms with van der Waals surface area (Å²) in [6.07, 6.45) is 1.82. The summed E-state index contributed by atoms with van der Waals surface area (Å²) in [5.41, 5.74) is 7.17. The zero-order valence-electron chi connectivity index (χ0n) is 12.1. The summed E-state index contributed by atoms with van der Waals surface area (Å²) in [5.74, 6) is -0.0550. The Balaban J connectivity index is 2.13. The maximum atomic E-state index is 11.9. The van der Waals surface area contributed by atoms with Crippen molar-refractivity contribution in [3.63, 3.8) is 0 Å². The minimum atomic E-state index is -0.0550. The van der Waals surface area contributed by atoms with Crippen LogP contribution in [-0.2, 0) is 16.0 Å². The lowest BCUT2D eigenvalue weighted by Gasteiger charge is -2.07. The van der Waals surface area contributed by atoms with E-state index in [1.165, 1.54) is 0 Å². The molecule has 1 aromatic carbocycles. The van der Waals surface area contributed by atoms with Gasteiger partial charge in [0.15, 0.2) is 0 Å². The van der Waals surface area contributed by atoms with E-state index in [9.17, 15) is 4.79 Å². The van der Waals surface area contributed by atoms with Gasteiger partial charge in [-0.25, -0.2) is 0 Å². The molecule has 0 unspecified atom stereocenters. The van der Waals surface area contributed by atoms with E-state index in [1.54, 1.807) is 13.2 Å². The lowest BCUT2D eigenvalue weighted by Crippen LogP contribution is -2.24. The Hall–Kier alpha value is -1.43. The molecule has 0 fully saturated rings. The minimum Gasteiger partial charge on any atom is -0.382 e. The quantitative estimate of drug-likeness (QED) is 0.634. The number of amides is 1. The largest absolute Gasteiger partial charge is 0.382 e. The number of benzene rings is 1. The molecule has 3 N–H and O–H groups in total. The van der Waals surface area contributed by atoms with E-state index in [-0.39, 0.29) is 5.91 Å². The molecule has 0 aromatic heterocycles. The van der Waals surface area contributed by atoms with Gasteiger partial charge >= 0.3 is 0 Å². The highest BCUT2D eigenvalue weighted by Gasteiger charge is 2.04. The number of methoxy groups -OCH3 is 1. The van der Waals surface area contributed by atoms with Crippen LogP contribution in [0.25, 0.3) is 0 Å². The Morgan fingerprint density at radius 2 is 2.10 bits per heavy atom. The van der Waals surface area contributed by atoms with Gasteiger partial charge in [-0.15, -0.1) is 0 Å². The second-order valence-electron chi connectivity index (χ2n) is 4.47. The fourth-order valence-electron chi connectivity index (χ4n) is 1.72. The monoisotopic (exact) mass is 280 g/mol. The Morgan fingerprint density at radius 1 is 1.25 bits per heavy atom. The van der Waals surface area contributed by atoms with Crippen LogP contribution in [0, 0.1) is 0 Å². The van der Waals surface area contributed by atoms with Gasteiger partial charge in [-0.05, 0) is 30.5 Å². The summed E-state index contributed by atoms with van der Waals surface area (Å²) in [6.45, 7) is 3.03. The number of unbranched alkanes of at least 4 members (excludes halogenated alkanes) is 1. The molecule has 1 amide bonds. The molecule has 0 aliphatic carbocycles. The van der Waals surface area contributed by atoms with Crippen LogP contribution in [-0.4, -0.2) is 39.4 Å². The highest BCUT2D eigenvalue weighted by Crippen LogP contribution is 2.04. The van der Waals surface area contributed by atoms with Crippen molar-refractivity contribution in [2.75, 3.05) is 33.5 Å². The molecule has 0 atom stereocenters. The first-order valence-electron chi connectivity index (χ1n) is 6.92. The van der Waals surface area contributed by atoms with Crippen LogP contribution in [0.2, 0.25) is 0 Å². The van der Waals surface area contributed by atoms with E-state index in [2.05, 4.69) is 5.32 Å². The Kier molecular flexibility index (Phi) is 8.62. The molecule has 0 bridgehead atoms. The molecular weight excluding hydrogens is 256 g/mol. The van der Waals surface area contributed by atoms with Crippen molar-refractivity contribution in [1.29, 1.82) is 0 Å². The second kappa shape index (κ2) is 10.4. The fourth-order valence-corrected chi connectivity index (χ4v) is 1.72. The highest BCUT2D eigenvalue weighted by molar-refractivity contribution is 5.94. The van der Waals surface area contributed by atoms with Gasteiger partial charge in [0.1, 0.15) is 0 Å². The number of hydrogen-bond donors (Lipinski definition) is 2. The van der Waals surface area contributed by atoms with Crippen LogP contribution in [0.1, 0.15) is 28.8 Å². The standard InChI is InChI=1S/C15H24N2O3/c1-19-9-10-20-8-3-2-7-17-15(18)14-6-4-5-13(11-14)12-16/h4-6,11H,2-3,7-10,12,16H2,1H3,(H,17,18). The third-order valence-corrected chi connectivity index (χ3v) is 2.86. The normalized spacial score (nSPS) is 10.5. The number of carbonyl (C=O) groups is 1. The second-order valence-corrected chi connectivity index (χ2v) is 4.47. The van der Waals surface area contributed by atoms with Gasteiger partial charge in [0.05, 0.1) is 13.2 Å². The summed E-state index contributed by atoms with van der Waals surface area (Å²) >= 11 is 0. The topological polar surface area (TPSA) is 73.6 Å². The Labute approximate surface area is 120 Å². The van der Waals surface area contributed by atoms with Crippen LogP contribution >= 0.6 is 0 Å². The molecule has 112 valence electrons. The molecule has 0 spiro atoms. The SMILES string of the molecule is COCCOCCCCNC(=O)c1cccc(CN)c1. The zero-order valence-corrected chi connectivity index (χ0v) is 12.1. The van der Waals surface area contributed by atoms with Crippen LogP contribution in [0.4, 0.5) is 0 Å². The Bertz CT molecular complexity index is 396. The number of rotatable bonds is 10. The van der Waals surface area contributed by atoms with Crippen molar-refractivity contribution in [2.45, 2.75) is 19.4 Å². The van der Waals surface area contributed by atoms with Crippen molar-refractivity contribution in [3.8, 4) is 0 Å². The smallest absolute Gasteiger partial charge is 0.251 e. The summed E-state index contributed by atoms with van der Waals surface area (Å²) in [6, 6.07) is 7.38. The van der Waals surface area contributed by atoms with Crippen LogP contribution in [0.15, 0.2) is 24.3 Å². The van der Waals surface area contributed by atoms with Crippen molar-refractivity contribution >= 4 is 5.91 Å². The molecule has 20 heavy (non-hydrogen) atoms. The average Bonchev–Trinajstić information content (AvgIpc) is 2.49. The summed E-state index contributed by atoms with van der Waals surface area (Å²) < 4.78 is 10.2. The number of nitrogens with two attached hydrogens (primary N) is 1. The van der Waals surface area contributed by atoms with E-state index in [1.807, 2.05) is 18.2 Å². The van der Waals surface area contributed by atoms with Gasteiger partial charge in [0.2, 0.25) is 0 Å². The molecule has 0 aliphatic heterocycles. The number of carbonyl (C=O) groups excluding carboxylic acids is 1. The number of nitrogens with one attached hydrogen (secondary N) is 1. The van der Waals surface area contributed by atoms with Gasteiger partial charge in [-0.1, -0.05) is 12.1 Å². The van der Waals surface area contributed by atoms with Crippen LogP contribution < -0.4 is 11.1 Å². The van der Waals surface area contributed by atoms with Gasteiger partial charge in [0, 0.05) is 32.4 Å². The van der Waals surface area contributed by atoms with Crippen molar-refractivity contribution in [1.82, 2.24) is 5.32 Å². The van der Waals surface area contributed by atoms with Crippen molar-refractivity contribution in [2.24, 2.45) is 5.73 Å². The van der Waals surface area contributed by atoms with E-state index in [0.29, 0.717) is 38.5 Å². The third kappa shape index (κ3) is 6.65. The maximum Gasteiger partial charge on any atom is 0.251 e. The zero-order chi connectivity index (χ0) is 14.6. The average molecular weight is 280 g/mol. The molecule has 1 rings (SSSR count). The first-order valence-corrected chi connectivity index (χ1v) is 6.92. The highest BCUT2D eigenvalue weighted by atomic mass is 16.5. The molecule has 0 radical (unpaired) electrons. The molecule has 1 aromatic rings. The number of hydrogen-bond acceptors (Lipinski definition) is 4. The summed E-state index contributed by atoms with van der Waals surface area (Å²) in [4.78, 5) is 11.9. The molecule has 0 aliphatic rings. The van der Waals surface area contributed by atoms with Gasteiger partial charge < -0.3 is 20.5 Å². The minimum absolute atomic E-state index is 0.0550. The maximum absolute atomic E-state index is 11.9. The first-order chi connectivity index (χ1) is 9.77. The fraction of sp³-hybridized carbons (Fsp3) is 0.533. The van der Waals surface area contributed by atoms with E-state index >= 15 is 0 Å². The summed E-state index contributed by atoms with van der Waals surface area (Å²) in [5, 5.41) is 2.89. The molecule has 0 saturated carbocycles. The third-order valence-electron chi connectivity index (χ3n) is 2.86. The summed E-state index contributed by atoms with van der Waals surface area (Å²) in [7, 11) is 1.65. The predicted molar refractivity (Wildman–Crippen MR) is 78.6 cm³/mol. The van der Waals surface area contributed by atoms with Crippen LogP contribution in [0.5, 0.6) is 0 Å². The van der Waals surface area contributed by atoms with Crippen LogP contribution in [0.3, 0.4) is 0 Å². The van der Waals surface area contributed by atoms with E-state index in [4.69, 9.17) is 15.2 Å². The first kappa shape index (κ1) is 16.6. The number of ether oxygens (including phenoxy) is 2. The van der Waals surface area contributed by atoms with Gasteiger partial charge in [-0.3, -0.25) is 4.79 Å². The lowest BCUT2D eigenvalue weighted by atomic mass is 10.1. The molecule has 5 heteroatoms. The van der Waals surface area contributed by atoms with E-state index < -0.39 is 0 Å². The molecule has 5 nitrogen and oxygen atoms in total. The van der Waals surface area contributed by atoms with Crippen molar-refractivity contribution in [3.05, 3.63) is 35.4 Å². The Morgan fingerprint density at radius 3 is 2.85 bits per heavy atom. The predicted octanol–water partition coefficient (Wildman–Crippen LogP) is 1.32. The molecular formula is C15H24N2O3. The van der Waals surface area contributed by atoms with Gasteiger partial charge in [0.25, 0.3) is 5.91 Å². The molecule has 0 saturated heterocycles. The van der Waals surface area contributed by atoms with Crippen molar-refractivity contribution < 1.29 is 14.3 Å². The van der Waals surface area contributed by atoms with Gasteiger partial charge in [-0.2, -0.15) is 0 Å². The molecule has 0 heterocycles. The van der Waals surface area contributed by atoms with E-state index in [0.717, 1.165) is 18.4 Å². The lowest BCUT2D eigenvalue weighted by molar-refractivity contribution is 0.0686.